The van der Waals surface area contributed by atoms with Crippen LogP contribution in [0, 0.1) is 12.7 Å². The van der Waals surface area contributed by atoms with Crippen molar-refractivity contribution in [3.8, 4) is 11.3 Å². The molecule has 198 valence electrons. The van der Waals surface area contributed by atoms with Crippen molar-refractivity contribution in [2.45, 2.75) is 27.2 Å². The molecule has 9 nitrogen and oxygen atoms in total. The van der Waals surface area contributed by atoms with Crippen molar-refractivity contribution >= 4 is 39.8 Å². The van der Waals surface area contributed by atoms with Gasteiger partial charge in [0.15, 0.2) is 5.65 Å². The van der Waals surface area contributed by atoms with Gasteiger partial charge in [0, 0.05) is 5.56 Å². The molecule has 38 heavy (non-hydrogen) atoms. The SMILES string of the molecule is CCOC(=O)c1sc(NC(=O)c2cnn3c(C(F)F)cc(-c4ccc(F)cc4)nc23)c(C(=O)OCC)c1C. The summed E-state index contributed by atoms with van der Waals surface area (Å²) in [5, 5.41) is 6.47. The van der Waals surface area contributed by atoms with Crippen LogP contribution in [0.1, 0.15) is 61.9 Å². The van der Waals surface area contributed by atoms with E-state index in [-0.39, 0.29) is 51.1 Å². The summed E-state index contributed by atoms with van der Waals surface area (Å²) in [6.45, 7) is 4.90. The molecule has 0 saturated carbocycles. The molecule has 4 aromatic rings. The number of amides is 1. The molecule has 1 amide bonds. The number of halogens is 3. The minimum atomic E-state index is -2.96. The van der Waals surface area contributed by atoms with Crippen molar-refractivity contribution in [1.82, 2.24) is 14.6 Å². The molecular formula is C25H21F3N4O5S. The van der Waals surface area contributed by atoms with Crippen LogP contribution < -0.4 is 5.32 Å². The van der Waals surface area contributed by atoms with E-state index in [0.29, 0.717) is 5.56 Å². The highest BCUT2D eigenvalue weighted by Crippen LogP contribution is 2.35. The lowest BCUT2D eigenvalue weighted by atomic mass is 10.1. The van der Waals surface area contributed by atoms with Gasteiger partial charge in [-0.15, -0.1) is 11.3 Å². The molecule has 13 heteroatoms. The van der Waals surface area contributed by atoms with Crippen LogP contribution in [-0.2, 0) is 9.47 Å². The van der Waals surface area contributed by atoms with Crippen LogP contribution in [0.5, 0.6) is 0 Å². The van der Waals surface area contributed by atoms with Crippen molar-refractivity contribution in [3.05, 3.63) is 69.6 Å². The van der Waals surface area contributed by atoms with Gasteiger partial charge >= 0.3 is 11.9 Å². The van der Waals surface area contributed by atoms with E-state index in [1.807, 2.05) is 0 Å². The first-order valence-electron chi connectivity index (χ1n) is 11.4. The fourth-order valence-electron chi connectivity index (χ4n) is 3.68. The Labute approximate surface area is 218 Å². The van der Waals surface area contributed by atoms with Crippen molar-refractivity contribution < 1.29 is 37.0 Å². The Bertz CT molecular complexity index is 1530. The Hall–Kier alpha value is -4.26. The van der Waals surface area contributed by atoms with Gasteiger partial charge < -0.3 is 14.8 Å². The molecule has 0 fully saturated rings. The van der Waals surface area contributed by atoms with Crippen molar-refractivity contribution in [2.75, 3.05) is 18.5 Å². The number of thiophene rings is 1. The quantitative estimate of drug-likeness (QED) is 0.293. The topological polar surface area (TPSA) is 112 Å². The third-order valence-corrected chi connectivity index (χ3v) is 6.61. The third-order valence-electron chi connectivity index (χ3n) is 5.42. The highest BCUT2D eigenvalue weighted by atomic mass is 32.1. The molecule has 4 rings (SSSR count). The molecule has 0 bridgehead atoms. The number of hydrogen-bond acceptors (Lipinski definition) is 8. The number of nitrogens with zero attached hydrogens (tertiary/aromatic N) is 3. The fraction of sp³-hybridized carbons (Fsp3) is 0.240. The van der Waals surface area contributed by atoms with Crippen LogP contribution in [-0.4, -0.2) is 45.7 Å². The number of ether oxygens (including phenoxy) is 2. The normalized spacial score (nSPS) is 11.1. The third kappa shape index (κ3) is 5.09. The van der Waals surface area contributed by atoms with Crippen LogP contribution >= 0.6 is 11.3 Å². The molecule has 1 N–H and O–H groups in total. The summed E-state index contributed by atoms with van der Waals surface area (Å²) in [5.41, 5.74) is -0.230. The molecule has 0 radical (unpaired) electrons. The van der Waals surface area contributed by atoms with E-state index in [1.54, 1.807) is 13.8 Å². The second-order valence-electron chi connectivity index (χ2n) is 7.82. The number of anilines is 1. The van der Waals surface area contributed by atoms with Gasteiger partial charge in [-0.25, -0.2) is 32.3 Å². The van der Waals surface area contributed by atoms with Crippen LogP contribution in [0.3, 0.4) is 0 Å². The van der Waals surface area contributed by atoms with Gasteiger partial charge in [-0.1, -0.05) is 0 Å². The number of hydrogen-bond donors (Lipinski definition) is 1. The number of fused-ring (bicyclic) bond motifs is 1. The van der Waals surface area contributed by atoms with Gasteiger partial charge in [0.1, 0.15) is 27.0 Å². The smallest absolute Gasteiger partial charge is 0.348 e. The lowest BCUT2D eigenvalue weighted by Crippen LogP contribution is -2.15. The van der Waals surface area contributed by atoms with E-state index in [2.05, 4.69) is 15.4 Å². The fourth-order valence-corrected chi connectivity index (χ4v) is 4.77. The Morgan fingerprint density at radius 1 is 1.08 bits per heavy atom. The zero-order valence-corrected chi connectivity index (χ0v) is 21.2. The molecule has 1 aromatic carbocycles. The van der Waals surface area contributed by atoms with Crippen molar-refractivity contribution in [3.63, 3.8) is 0 Å². The Morgan fingerprint density at radius 2 is 1.74 bits per heavy atom. The Morgan fingerprint density at radius 3 is 2.37 bits per heavy atom. The largest absolute Gasteiger partial charge is 0.462 e. The zero-order valence-electron chi connectivity index (χ0n) is 20.4. The van der Waals surface area contributed by atoms with Gasteiger partial charge in [-0.2, -0.15) is 5.10 Å². The summed E-state index contributed by atoms with van der Waals surface area (Å²) in [7, 11) is 0. The zero-order chi connectivity index (χ0) is 27.6. The predicted molar refractivity (Wildman–Crippen MR) is 132 cm³/mol. The number of alkyl halides is 2. The van der Waals surface area contributed by atoms with Gasteiger partial charge in [0.2, 0.25) is 0 Å². The highest BCUT2D eigenvalue weighted by molar-refractivity contribution is 7.18. The molecule has 0 unspecified atom stereocenters. The first-order chi connectivity index (χ1) is 18.2. The van der Waals surface area contributed by atoms with Gasteiger partial charge in [0.05, 0.1) is 30.7 Å². The average Bonchev–Trinajstić information content (AvgIpc) is 3.45. The lowest BCUT2D eigenvalue weighted by molar-refractivity contribution is 0.0527. The number of nitrogens with one attached hydrogen (secondary N) is 1. The average molecular weight is 547 g/mol. The maximum absolute atomic E-state index is 13.9. The molecule has 0 aliphatic rings. The molecular weight excluding hydrogens is 525 g/mol. The van der Waals surface area contributed by atoms with Crippen LogP contribution in [0.25, 0.3) is 16.9 Å². The first-order valence-corrected chi connectivity index (χ1v) is 12.2. The standard InChI is InChI=1S/C25H21F3N4O5S/c1-4-36-24(34)18-12(3)19(25(35)37-5-2)38-23(18)31-22(33)15-11-29-32-17(20(27)28)10-16(30-21(15)32)13-6-8-14(26)9-7-13/h6-11,20H,4-5H2,1-3H3,(H,31,33). The number of benzene rings is 1. The van der Waals surface area contributed by atoms with E-state index >= 15 is 0 Å². The summed E-state index contributed by atoms with van der Waals surface area (Å²) < 4.78 is 52.1. The molecule has 0 spiro atoms. The lowest BCUT2D eigenvalue weighted by Gasteiger charge is -2.09. The maximum Gasteiger partial charge on any atom is 0.348 e. The first kappa shape index (κ1) is 26.8. The summed E-state index contributed by atoms with van der Waals surface area (Å²) in [4.78, 5) is 42.8. The summed E-state index contributed by atoms with van der Waals surface area (Å²) >= 11 is 0.818. The van der Waals surface area contributed by atoms with E-state index < -0.39 is 35.8 Å². The Kier molecular flexibility index (Phi) is 7.76. The molecule has 0 aliphatic heterocycles. The molecule has 0 atom stereocenters. The van der Waals surface area contributed by atoms with Gasteiger partial charge in [-0.3, -0.25) is 4.79 Å². The number of carbonyl (C=O) groups excluding carboxylic acids is 3. The summed E-state index contributed by atoms with van der Waals surface area (Å²) in [6.07, 6.45) is -1.90. The summed E-state index contributed by atoms with van der Waals surface area (Å²) in [6, 6.07) is 6.16. The highest BCUT2D eigenvalue weighted by Gasteiger charge is 2.29. The molecule has 3 heterocycles. The minimum Gasteiger partial charge on any atom is -0.462 e. The number of carbonyl (C=O) groups is 3. The summed E-state index contributed by atoms with van der Waals surface area (Å²) in [5.74, 6) is -2.77. The second-order valence-corrected chi connectivity index (χ2v) is 8.84. The molecule has 0 aliphatic carbocycles. The maximum atomic E-state index is 13.9. The monoisotopic (exact) mass is 546 g/mol. The number of aromatic nitrogens is 3. The van der Waals surface area contributed by atoms with Crippen molar-refractivity contribution in [2.24, 2.45) is 0 Å². The molecule has 0 saturated heterocycles. The Balaban J connectivity index is 1.79. The van der Waals surface area contributed by atoms with Crippen molar-refractivity contribution in [1.29, 1.82) is 0 Å². The van der Waals surface area contributed by atoms with Crippen LogP contribution in [0.4, 0.5) is 18.2 Å². The number of rotatable bonds is 8. The van der Waals surface area contributed by atoms with E-state index in [0.717, 1.165) is 40.2 Å². The number of esters is 2. The van der Waals surface area contributed by atoms with E-state index in [4.69, 9.17) is 9.47 Å². The molecule has 3 aromatic heterocycles. The predicted octanol–water partition coefficient (Wildman–Crippen LogP) is 5.45. The minimum absolute atomic E-state index is 0.0112. The van der Waals surface area contributed by atoms with E-state index in [9.17, 15) is 27.6 Å². The van der Waals surface area contributed by atoms with Gasteiger partial charge in [-0.05, 0) is 56.7 Å². The van der Waals surface area contributed by atoms with Crippen LogP contribution in [0.15, 0.2) is 36.5 Å². The van der Waals surface area contributed by atoms with E-state index in [1.165, 1.54) is 19.1 Å². The van der Waals surface area contributed by atoms with Crippen LogP contribution in [0.2, 0.25) is 0 Å². The van der Waals surface area contributed by atoms with Gasteiger partial charge in [0.25, 0.3) is 12.3 Å². The second kappa shape index (κ2) is 11.0.